The molecule has 1 aromatic heterocycles. The number of carboxylic acids is 2. The number of imidazole rings is 1. The van der Waals surface area contributed by atoms with Crippen molar-refractivity contribution in [2.75, 3.05) is 25.2 Å². The van der Waals surface area contributed by atoms with Crippen molar-refractivity contribution in [2.24, 2.45) is 5.73 Å². The Hall–Kier alpha value is -5.82. The summed E-state index contributed by atoms with van der Waals surface area (Å²) in [6.07, 6.45) is 0.983. The van der Waals surface area contributed by atoms with Crippen LogP contribution in [-0.2, 0) is 51.2 Å². The average molecular weight is 840 g/mol. The Morgan fingerprint density at radius 1 is 0.741 bits per heavy atom. The van der Waals surface area contributed by atoms with Gasteiger partial charge in [-0.15, -0.1) is 0 Å². The van der Waals surface area contributed by atoms with Crippen molar-refractivity contribution in [3.05, 3.63) is 48.0 Å². The number of nitrogens with zero attached hydrogens (tertiary/aromatic N) is 1. The van der Waals surface area contributed by atoms with Crippen LogP contribution in [0.2, 0.25) is 0 Å². The molecule has 8 atom stereocenters. The van der Waals surface area contributed by atoms with E-state index in [9.17, 15) is 69.0 Å². The van der Waals surface area contributed by atoms with Gasteiger partial charge >= 0.3 is 11.9 Å². The topological polar surface area (TPSA) is 385 Å². The fourth-order valence-electron chi connectivity index (χ4n) is 5.08. The van der Waals surface area contributed by atoms with Gasteiger partial charge in [0.15, 0.2) is 0 Å². The van der Waals surface area contributed by atoms with E-state index in [1.807, 2.05) is 0 Å². The van der Waals surface area contributed by atoms with Gasteiger partial charge in [-0.1, -0.05) is 12.1 Å². The third-order valence-corrected chi connectivity index (χ3v) is 8.91. The lowest BCUT2D eigenvalue weighted by Gasteiger charge is -2.28. The van der Waals surface area contributed by atoms with Crippen LogP contribution in [0.1, 0.15) is 31.0 Å². The molecule has 15 N–H and O–H groups in total. The van der Waals surface area contributed by atoms with Crippen LogP contribution in [-0.4, -0.2) is 162 Å². The maximum absolute atomic E-state index is 13.8. The number of aromatic amines is 1. The minimum atomic E-state index is -1.95. The number of carbonyl (C=O) groups is 8. The molecule has 6 amide bonds. The first-order valence-corrected chi connectivity index (χ1v) is 19.0. The van der Waals surface area contributed by atoms with Gasteiger partial charge in [-0.05, 0) is 43.0 Å². The molecule has 0 saturated carbocycles. The third-order valence-electron chi connectivity index (χ3n) is 8.27. The number of carbonyl (C=O) groups excluding carboxylic acids is 6. The van der Waals surface area contributed by atoms with Crippen molar-refractivity contribution < 1.29 is 69.0 Å². The van der Waals surface area contributed by atoms with Crippen molar-refractivity contribution in [1.29, 1.82) is 0 Å². The number of nitrogens with one attached hydrogen (secondary N) is 7. The third kappa shape index (κ3) is 16.0. The highest BCUT2D eigenvalue weighted by molar-refractivity contribution is 7.98. The van der Waals surface area contributed by atoms with Crippen molar-refractivity contribution in [1.82, 2.24) is 41.9 Å². The monoisotopic (exact) mass is 839 g/mol. The first-order chi connectivity index (χ1) is 27.4. The van der Waals surface area contributed by atoms with Crippen LogP contribution >= 0.6 is 11.8 Å². The quantitative estimate of drug-likeness (QED) is 0.0444. The van der Waals surface area contributed by atoms with Crippen LogP contribution in [0, 0.1) is 0 Å². The number of phenols is 1. The van der Waals surface area contributed by atoms with Gasteiger partial charge in [0.05, 0.1) is 32.1 Å². The molecule has 23 nitrogen and oxygen atoms in total. The van der Waals surface area contributed by atoms with E-state index in [0.29, 0.717) is 17.0 Å². The Labute approximate surface area is 335 Å². The van der Waals surface area contributed by atoms with E-state index < -0.39 is 115 Å². The van der Waals surface area contributed by atoms with Crippen molar-refractivity contribution in [3.8, 4) is 5.75 Å². The largest absolute Gasteiger partial charge is 0.508 e. The first-order valence-electron chi connectivity index (χ1n) is 17.6. The molecule has 0 unspecified atom stereocenters. The highest BCUT2D eigenvalue weighted by Gasteiger charge is 2.36. The summed E-state index contributed by atoms with van der Waals surface area (Å²) >= 11 is 1.34. The Morgan fingerprint density at radius 3 is 1.79 bits per heavy atom. The van der Waals surface area contributed by atoms with E-state index >= 15 is 0 Å². The number of rotatable bonds is 25. The lowest BCUT2D eigenvalue weighted by molar-refractivity contribution is -0.143. The molecule has 58 heavy (non-hydrogen) atoms. The molecule has 0 aliphatic carbocycles. The molecular weight excluding hydrogens is 790 g/mol. The molecule has 2 rings (SSSR count). The van der Waals surface area contributed by atoms with Gasteiger partial charge in [0.25, 0.3) is 0 Å². The number of aliphatic hydroxyl groups excluding tert-OH is 3. The molecule has 1 aromatic carbocycles. The van der Waals surface area contributed by atoms with Crippen LogP contribution in [0.4, 0.5) is 0 Å². The van der Waals surface area contributed by atoms with Crippen LogP contribution in [0.5, 0.6) is 5.75 Å². The number of thioether (sulfide) groups is 1. The van der Waals surface area contributed by atoms with Crippen LogP contribution in [0.25, 0.3) is 0 Å². The zero-order valence-electron chi connectivity index (χ0n) is 31.4. The normalized spacial score (nSPS) is 15.1. The first kappa shape index (κ1) is 48.3. The smallest absolute Gasteiger partial charge is 0.328 e. The molecule has 0 fully saturated rings. The average Bonchev–Trinajstić information content (AvgIpc) is 3.69. The van der Waals surface area contributed by atoms with Gasteiger partial charge in [-0.25, -0.2) is 9.78 Å². The summed E-state index contributed by atoms with van der Waals surface area (Å²) in [6, 6.07) is -5.89. The van der Waals surface area contributed by atoms with Gasteiger partial charge < -0.3 is 73.3 Å². The Kier molecular flexibility index (Phi) is 20.1. The number of aromatic nitrogens is 2. The summed E-state index contributed by atoms with van der Waals surface area (Å²) < 4.78 is 0. The van der Waals surface area contributed by atoms with Gasteiger partial charge in [0.1, 0.15) is 48.0 Å². The SMILES string of the molecule is CSCC[C@H](NC(=O)[C@@H](N)CO)C(=O)N[C@@H](Cc1ccc(O)cc1)C(=O)N[C@@H](CC(=O)O)C(=O)N[C@H](C(=O)N[C@@H](Cc1cnc[nH]1)C(=O)N[C@@H](CO)C(=O)O)[C@@H](C)O. The number of aliphatic carboxylic acids is 2. The molecule has 24 heteroatoms. The highest BCUT2D eigenvalue weighted by atomic mass is 32.2. The van der Waals surface area contributed by atoms with Crippen molar-refractivity contribution >= 4 is 59.1 Å². The van der Waals surface area contributed by atoms with E-state index in [-0.39, 0.29) is 25.0 Å². The lowest BCUT2D eigenvalue weighted by Crippen LogP contribution is -2.62. The molecule has 0 radical (unpaired) electrons. The second-order valence-corrected chi connectivity index (χ2v) is 13.9. The Bertz CT molecular complexity index is 1710. The van der Waals surface area contributed by atoms with E-state index in [0.717, 1.165) is 6.92 Å². The van der Waals surface area contributed by atoms with Gasteiger partial charge in [-0.3, -0.25) is 33.6 Å². The van der Waals surface area contributed by atoms with Crippen LogP contribution in [0.3, 0.4) is 0 Å². The van der Waals surface area contributed by atoms with Crippen molar-refractivity contribution in [2.45, 2.75) is 81.0 Å². The molecule has 2 aromatic rings. The summed E-state index contributed by atoms with van der Waals surface area (Å²) in [6.45, 7) is -0.644. The zero-order chi connectivity index (χ0) is 43.5. The standard InChI is InChI=1S/C34H49N9O14S/c1-16(46)27(33(55)41-23(10-18-12-36-15-37-18)31(53)42-25(14-45)34(56)57)43-32(54)24(11-26(48)49)40-30(52)22(9-17-3-5-19(47)6-4-17)39-29(51)21(7-8-58-2)38-28(50)20(35)13-44/h3-6,12,15-16,20-25,27,44-47H,7-11,13-14,35H2,1-2H3,(H,36,37)(H,38,50)(H,39,51)(H,40,52)(H,41,55)(H,42,53)(H,43,54)(H,48,49)(H,56,57)/t16-,20+,21+,22+,23+,24+,25+,27+/m1/s1. The summed E-state index contributed by atoms with van der Waals surface area (Å²) in [5.74, 6) is -9.34. The number of hydrogen-bond donors (Lipinski definition) is 14. The maximum Gasteiger partial charge on any atom is 0.328 e. The van der Waals surface area contributed by atoms with Crippen molar-refractivity contribution in [3.63, 3.8) is 0 Å². The van der Waals surface area contributed by atoms with E-state index in [2.05, 4.69) is 41.9 Å². The van der Waals surface area contributed by atoms with Gasteiger partial charge in [0, 0.05) is 24.7 Å². The number of amides is 6. The molecule has 1 heterocycles. The number of H-pyrrole nitrogens is 1. The second kappa shape index (κ2) is 24.1. The van der Waals surface area contributed by atoms with Crippen LogP contribution in [0.15, 0.2) is 36.8 Å². The molecule has 0 aliphatic heterocycles. The number of carboxylic acid groups (broad SMARTS) is 2. The van der Waals surface area contributed by atoms with Crippen LogP contribution < -0.4 is 37.6 Å². The molecule has 0 saturated heterocycles. The van der Waals surface area contributed by atoms with E-state index in [1.54, 1.807) is 6.26 Å². The predicted molar refractivity (Wildman–Crippen MR) is 202 cm³/mol. The number of hydrogen-bond acceptors (Lipinski definition) is 15. The fourth-order valence-corrected chi connectivity index (χ4v) is 5.55. The summed E-state index contributed by atoms with van der Waals surface area (Å²) in [5.41, 5.74) is 6.27. The Balaban J connectivity index is 2.38. The maximum atomic E-state index is 13.8. The molecular formula is C34H49N9O14S. The number of phenolic OH excluding ortho intramolecular Hbond substituents is 1. The van der Waals surface area contributed by atoms with Gasteiger partial charge in [0.2, 0.25) is 35.4 Å². The fraction of sp³-hybridized carbons (Fsp3) is 0.500. The number of aliphatic hydroxyl groups is 3. The van der Waals surface area contributed by atoms with E-state index in [4.69, 9.17) is 5.73 Å². The predicted octanol–water partition coefficient (Wildman–Crippen LogP) is -5.19. The minimum absolute atomic E-state index is 0.0588. The number of nitrogens with two attached hydrogens (primary N) is 1. The Morgan fingerprint density at radius 2 is 1.28 bits per heavy atom. The zero-order valence-corrected chi connectivity index (χ0v) is 32.2. The molecule has 0 spiro atoms. The van der Waals surface area contributed by atoms with Gasteiger partial charge in [-0.2, -0.15) is 11.8 Å². The van der Waals surface area contributed by atoms with E-state index in [1.165, 1.54) is 48.6 Å². The summed E-state index contributed by atoms with van der Waals surface area (Å²) in [5, 5.41) is 71.4. The summed E-state index contributed by atoms with van der Waals surface area (Å²) in [7, 11) is 0. The molecule has 0 bridgehead atoms. The second-order valence-electron chi connectivity index (χ2n) is 12.9. The highest BCUT2D eigenvalue weighted by Crippen LogP contribution is 2.13. The number of benzene rings is 1. The molecule has 0 aliphatic rings. The molecule has 320 valence electrons. The number of aromatic hydroxyl groups is 1. The summed E-state index contributed by atoms with van der Waals surface area (Å²) in [4.78, 5) is 110. The minimum Gasteiger partial charge on any atom is -0.508 e. The lowest BCUT2D eigenvalue weighted by atomic mass is 10.0.